The second-order valence-electron chi connectivity index (χ2n) is 5.68. The standard InChI is InChI=1S/C13H26N8/c1-19(2)9-10-20(3)12-15-11(18-14)16-13(17-12)21-7-5-4-6-8-21/h4-10,14H2,1-3H3,(H,15,16,17,18). The normalized spacial score (nSPS) is 15.4. The number of likely N-dealkylation sites (N-methyl/N-ethyl adjacent to an activating group) is 2. The zero-order valence-electron chi connectivity index (χ0n) is 13.2. The predicted octanol–water partition coefficient (Wildman–Crippen LogP) is 0.145. The molecule has 118 valence electrons. The van der Waals surface area contributed by atoms with Crippen molar-refractivity contribution in [3.8, 4) is 0 Å². The molecule has 0 spiro atoms. The minimum Gasteiger partial charge on any atom is -0.342 e. The maximum absolute atomic E-state index is 5.49. The van der Waals surface area contributed by atoms with Crippen LogP contribution >= 0.6 is 0 Å². The number of rotatable bonds is 6. The van der Waals surface area contributed by atoms with Gasteiger partial charge >= 0.3 is 0 Å². The number of hydrogen-bond acceptors (Lipinski definition) is 8. The van der Waals surface area contributed by atoms with Crippen molar-refractivity contribution in [2.24, 2.45) is 5.84 Å². The molecule has 3 N–H and O–H groups in total. The molecule has 0 radical (unpaired) electrons. The van der Waals surface area contributed by atoms with E-state index in [2.05, 4.69) is 30.2 Å². The summed E-state index contributed by atoms with van der Waals surface area (Å²) in [7, 11) is 6.08. The highest BCUT2D eigenvalue weighted by atomic mass is 15.4. The Morgan fingerprint density at radius 3 is 2.38 bits per heavy atom. The van der Waals surface area contributed by atoms with E-state index >= 15 is 0 Å². The summed E-state index contributed by atoms with van der Waals surface area (Å²) in [4.78, 5) is 19.7. The highest BCUT2D eigenvalue weighted by molar-refractivity contribution is 5.44. The van der Waals surface area contributed by atoms with Crippen LogP contribution in [0.1, 0.15) is 19.3 Å². The first kappa shape index (κ1) is 15.7. The minimum atomic E-state index is 0.414. The summed E-state index contributed by atoms with van der Waals surface area (Å²) in [6, 6.07) is 0. The molecule has 1 saturated heterocycles. The fourth-order valence-corrected chi connectivity index (χ4v) is 2.27. The van der Waals surface area contributed by atoms with Crippen LogP contribution in [0.15, 0.2) is 0 Å². The summed E-state index contributed by atoms with van der Waals surface area (Å²) >= 11 is 0. The summed E-state index contributed by atoms with van der Waals surface area (Å²) in [5.74, 6) is 7.27. The van der Waals surface area contributed by atoms with Crippen molar-refractivity contribution in [1.82, 2.24) is 19.9 Å². The maximum Gasteiger partial charge on any atom is 0.243 e. The van der Waals surface area contributed by atoms with Gasteiger partial charge in [0.25, 0.3) is 0 Å². The van der Waals surface area contributed by atoms with E-state index in [1.807, 2.05) is 26.0 Å². The molecule has 1 aliphatic rings. The van der Waals surface area contributed by atoms with Gasteiger partial charge in [0.1, 0.15) is 0 Å². The molecule has 21 heavy (non-hydrogen) atoms. The van der Waals surface area contributed by atoms with Crippen LogP contribution in [-0.4, -0.2) is 67.2 Å². The van der Waals surface area contributed by atoms with Crippen molar-refractivity contribution in [1.29, 1.82) is 0 Å². The molecule has 0 saturated carbocycles. The van der Waals surface area contributed by atoms with E-state index in [0.717, 1.165) is 26.2 Å². The van der Waals surface area contributed by atoms with Gasteiger partial charge in [0.05, 0.1) is 0 Å². The molecule has 1 fully saturated rings. The van der Waals surface area contributed by atoms with Gasteiger partial charge in [0.15, 0.2) is 0 Å². The second-order valence-corrected chi connectivity index (χ2v) is 5.68. The number of nitrogens with one attached hydrogen (secondary N) is 1. The first-order valence-corrected chi connectivity index (χ1v) is 7.43. The third kappa shape index (κ3) is 4.40. The van der Waals surface area contributed by atoms with E-state index in [9.17, 15) is 0 Å². The van der Waals surface area contributed by atoms with E-state index in [4.69, 9.17) is 5.84 Å². The Morgan fingerprint density at radius 2 is 1.76 bits per heavy atom. The number of hydrogen-bond donors (Lipinski definition) is 2. The highest BCUT2D eigenvalue weighted by Gasteiger charge is 2.17. The molecule has 0 bridgehead atoms. The number of hydrazine groups is 1. The van der Waals surface area contributed by atoms with Crippen molar-refractivity contribution < 1.29 is 0 Å². The Balaban J connectivity index is 2.16. The van der Waals surface area contributed by atoms with Crippen LogP contribution in [0.2, 0.25) is 0 Å². The SMILES string of the molecule is CN(C)CCN(C)c1nc(NN)nc(N2CCCCC2)n1. The third-order valence-electron chi connectivity index (χ3n) is 3.60. The summed E-state index contributed by atoms with van der Waals surface area (Å²) in [6.45, 7) is 3.77. The van der Waals surface area contributed by atoms with Crippen LogP contribution in [0.5, 0.6) is 0 Å². The molecule has 0 amide bonds. The van der Waals surface area contributed by atoms with Crippen molar-refractivity contribution in [2.75, 3.05) is 62.5 Å². The van der Waals surface area contributed by atoms with Gasteiger partial charge in [-0.1, -0.05) is 0 Å². The molecule has 1 aliphatic heterocycles. The van der Waals surface area contributed by atoms with Crippen molar-refractivity contribution in [2.45, 2.75) is 19.3 Å². The average molecular weight is 294 g/mol. The third-order valence-corrected chi connectivity index (χ3v) is 3.60. The lowest BCUT2D eigenvalue weighted by Gasteiger charge is -2.28. The number of piperidine rings is 1. The fourth-order valence-electron chi connectivity index (χ4n) is 2.27. The average Bonchev–Trinajstić information content (AvgIpc) is 2.52. The van der Waals surface area contributed by atoms with Gasteiger partial charge in [-0.3, -0.25) is 5.43 Å². The zero-order valence-corrected chi connectivity index (χ0v) is 13.2. The Labute approximate surface area is 126 Å². The van der Waals surface area contributed by atoms with Crippen molar-refractivity contribution in [3.05, 3.63) is 0 Å². The first-order valence-electron chi connectivity index (χ1n) is 7.43. The van der Waals surface area contributed by atoms with Gasteiger partial charge in [0, 0.05) is 33.2 Å². The van der Waals surface area contributed by atoms with Gasteiger partial charge in [-0.05, 0) is 33.4 Å². The van der Waals surface area contributed by atoms with Gasteiger partial charge in [-0.2, -0.15) is 15.0 Å². The Hall–Kier alpha value is -1.67. The lowest BCUT2D eigenvalue weighted by atomic mass is 10.1. The number of nitrogen functional groups attached to an aromatic ring is 1. The van der Waals surface area contributed by atoms with Gasteiger partial charge in [0.2, 0.25) is 17.8 Å². The zero-order chi connectivity index (χ0) is 15.2. The van der Waals surface area contributed by atoms with Crippen LogP contribution in [0, 0.1) is 0 Å². The summed E-state index contributed by atoms with van der Waals surface area (Å²) in [5, 5.41) is 0. The molecule has 0 atom stereocenters. The van der Waals surface area contributed by atoms with Crippen molar-refractivity contribution in [3.63, 3.8) is 0 Å². The predicted molar refractivity (Wildman–Crippen MR) is 85.5 cm³/mol. The van der Waals surface area contributed by atoms with Crippen LogP contribution in [0.3, 0.4) is 0 Å². The quantitative estimate of drug-likeness (QED) is 0.566. The molecule has 8 heteroatoms. The molecular formula is C13H26N8. The van der Waals surface area contributed by atoms with E-state index in [-0.39, 0.29) is 0 Å². The maximum atomic E-state index is 5.49. The number of anilines is 3. The van der Waals surface area contributed by atoms with Gasteiger partial charge in [-0.15, -0.1) is 0 Å². The molecule has 2 rings (SSSR count). The van der Waals surface area contributed by atoms with E-state index in [1.165, 1.54) is 19.3 Å². The number of nitrogens with two attached hydrogens (primary N) is 1. The van der Waals surface area contributed by atoms with Crippen molar-refractivity contribution >= 4 is 17.8 Å². The minimum absolute atomic E-state index is 0.414. The molecule has 8 nitrogen and oxygen atoms in total. The first-order chi connectivity index (χ1) is 10.1. The molecule has 0 aromatic carbocycles. The lowest BCUT2D eigenvalue weighted by Crippen LogP contribution is -2.34. The van der Waals surface area contributed by atoms with Crippen LogP contribution in [0.4, 0.5) is 17.8 Å². The van der Waals surface area contributed by atoms with E-state index in [1.54, 1.807) is 0 Å². The molecule has 1 aromatic rings. The van der Waals surface area contributed by atoms with E-state index in [0.29, 0.717) is 17.8 Å². The largest absolute Gasteiger partial charge is 0.342 e. The van der Waals surface area contributed by atoms with Gasteiger partial charge < -0.3 is 14.7 Å². The number of nitrogens with zero attached hydrogens (tertiary/aromatic N) is 6. The Bertz CT molecular complexity index is 444. The fraction of sp³-hybridized carbons (Fsp3) is 0.769. The summed E-state index contributed by atoms with van der Waals surface area (Å²) < 4.78 is 0. The summed E-state index contributed by atoms with van der Waals surface area (Å²) in [6.07, 6.45) is 3.64. The van der Waals surface area contributed by atoms with Gasteiger partial charge in [-0.25, -0.2) is 5.84 Å². The smallest absolute Gasteiger partial charge is 0.243 e. The van der Waals surface area contributed by atoms with Crippen LogP contribution < -0.4 is 21.1 Å². The van der Waals surface area contributed by atoms with E-state index < -0.39 is 0 Å². The summed E-state index contributed by atoms with van der Waals surface area (Å²) in [5.41, 5.74) is 2.54. The second kappa shape index (κ2) is 7.37. The topological polar surface area (TPSA) is 86.4 Å². The highest BCUT2D eigenvalue weighted by Crippen LogP contribution is 2.19. The van der Waals surface area contributed by atoms with Crippen LogP contribution in [-0.2, 0) is 0 Å². The monoisotopic (exact) mass is 294 g/mol. The molecule has 2 heterocycles. The Morgan fingerprint density at radius 1 is 1.05 bits per heavy atom. The molecule has 1 aromatic heterocycles. The number of aromatic nitrogens is 3. The Kier molecular flexibility index (Phi) is 5.51. The molecule has 0 aliphatic carbocycles. The molecule has 0 unspecified atom stereocenters. The molecular weight excluding hydrogens is 268 g/mol. The lowest BCUT2D eigenvalue weighted by molar-refractivity contribution is 0.415. The van der Waals surface area contributed by atoms with Crippen LogP contribution in [0.25, 0.3) is 0 Å².